The van der Waals surface area contributed by atoms with E-state index in [1.807, 2.05) is 22.9 Å². The number of nitrogens with zero attached hydrogens (tertiary/aromatic N) is 2. The maximum Gasteiger partial charge on any atom is 0.0767 e. The van der Waals surface area contributed by atoms with Crippen LogP contribution < -0.4 is 5.32 Å². The van der Waals surface area contributed by atoms with Crippen LogP contribution in [0.3, 0.4) is 0 Å². The van der Waals surface area contributed by atoms with E-state index in [0.29, 0.717) is 11.6 Å². The monoisotopic (exact) mass is 419 g/mol. The van der Waals surface area contributed by atoms with Crippen molar-refractivity contribution in [2.75, 3.05) is 5.32 Å². The van der Waals surface area contributed by atoms with Gasteiger partial charge in [-0.05, 0) is 47.5 Å². The van der Waals surface area contributed by atoms with Gasteiger partial charge in [-0.3, -0.25) is 4.68 Å². The fraction of sp³-hybridized carbons (Fsp3) is 0.357. The molecule has 2 aromatic rings. The second-order valence-corrected chi connectivity index (χ2v) is 6.47. The molecule has 1 N–H and O–H groups in total. The summed E-state index contributed by atoms with van der Waals surface area (Å²) >= 11 is 13.3. The molecule has 1 aromatic heterocycles. The van der Waals surface area contributed by atoms with Crippen molar-refractivity contribution >= 4 is 49.1 Å². The Bertz CT molecular complexity index is 611. The zero-order valence-electron chi connectivity index (χ0n) is 11.4. The molecule has 2 rings (SSSR count). The van der Waals surface area contributed by atoms with Gasteiger partial charge in [-0.15, -0.1) is 0 Å². The van der Waals surface area contributed by atoms with Crippen LogP contribution in [0.25, 0.3) is 0 Å². The van der Waals surface area contributed by atoms with Gasteiger partial charge in [-0.1, -0.05) is 34.5 Å². The summed E-state index contributed by atoms with van der Waals surface area (Å²) in [6.07, 6.45) is 0.915. The fourth-order valence-electron chi connectivity index (χ4n) is 2.00. The van der Waals surface area contributed by atoms with Crippen molar-refractivity contribution in [3.8, 4) is 0 Å². The highest BCUT2D eigenvalue weighted by Crippen LogP contribution is 2.28. The summed E-state index contributed by atoms with van der Waals surface area (Å²) < 4.78 is 4.10. The molecule has 0 saturated carbocycles. The molecule has 6 heteroatoms. The van der Waals surface area contributed by atoms with Crippen LogP contribution in [-0.2, 0) is 19.5 Å². The second-order valence-electron chi connectivity index (χ2n) is 4.35. The van der Waals surface area contributed by atoms with Crippen LogP contribution >= 0.6 is 43.5 Å². The summed E-state index contributed by atoms with van der Waals surface area (Å²) in [5, 5.41) is 8.67. The maximum atomic E-state index is 6.19. The average Bonchev–Trinajstić information content (AvgIpc) is 2.75. The van der Waals surface area contributed by atoms with E-state index in [0.717, 1.165) is 39.0 Å². The van der Waals surface area contributed by atoms with Crippen molar-refractivity contribution in [2.24, 2.45) is 0 Å². The summed E-state index contributed by atoms with van der Waals surface area (Å²) in [5.74, 6) is 0. The van der Waals surface area contributed by atoms with Crippen LogP contribution in [0.2, 0.25) is 5.02 Å². The number of anilines is 1. The van der Waals surface area contributed by atoms with Gasteiger partial charge in [0.1, 0.15) is 0 Å². The Morgan fingerprint density at radius 1 is 1.30 bits per heavy atom. The topological polar surface area (TPSA) is 29.9 Å². The Morgan fingerprint density at radius 3 is 2.70 bits per heavy atom. The van der Waals surface area contributed by atoms with Crippen molar-refractivity contribution in [2.45, 2.75) is 33.4 Å². The lowest BCUT2D eigenvalue weighted by molar-refractivity contribution is 0.619. The highest BCUT2D eigenvalue weighted by atomic mass is 79.9. The molecule has 0 amide bonds. The first-order valence-electron chi connectivity index (χ1n) is 6.49. The van der Waals surface area contributed by atoms with Gasteiger partial charge in [0, 0.05) is 11.0 Å². The lowest BCUT2D eigenvalue weighted by Gasteiger charge is -2.10. The molecule has 0 fully saturated rings. The second kappa shape index (κ2) is 6.96. The maximum absolute atomic E-state index is 6.19. The van der Waals surface area contributed by atoms with Gasteiger partial charge in [-0.25, -0.2) is 0 Å². The molecule has 0 atom stereocenters. The molecule has 0 spiro atoms. The Hall–Kier alpha value is -0.520. The third-order valence-corrected chi connectivity index (χ3v) is 4.81. The predicted octanol–water partition coefficient (Wildman–Crippen LogP) is 5.26. The molecule has 3 nitrogen and oxygen atoms in total. The van der Waals surface area contributed by atoms with Gasteiger partial charge in [0.25, 0.3) is 0 Å². The molecule has 0 aliphatic carbocycles. The standard InChI is InChI=1S/C14H16Br2ClN3/c1-3-11-14(16)13(20(4-2)19-11)8-18-12-7-9(15)5-6-10(12)17/h5-7,18H,3-4,8H2,1-2H3. The summed E-state index contributed by atoms with van der Waals surface area (Å²) in [4.78, 5) is 0. The van der Waals surface area contributed by atoms with E-state index in [1.165, 1.54) is 0 Å². The van der Waals surface area contributed by atoms with E-state index >= 15 is 0 Å². The van der Waals surface area contributed by atoms with Crippen molar-refractivity contribution in [3.63, 3.8) is 0 Å². The number of hydrogen-bond acceptors (Lipinski definition) is 2. The first kappa shape index (κ1) is 15.9. The van der Waals surface area contributed by atoms with Crippen molar-refractivity contribution < 1.29 is 0 Å². The summed E-state index contributed by atoms with van der Waals surface area (Å²) in [6.45, 7) is 5.73. The van der Waals surface area contributed by atoms with E-state index in [-0.39, 0.29) is 0 Å². The third-order valence-electron chi connectivity index (χ3n) is 3.07. The van der Waals surface area contributed by atoms with Crippen molar-refractivity contribution in [1.82, 2.24) is 9.78 Å². The number of benzene rings is 1. The molecule has 1 heterocycles. The molecule has 20 heavy (non-hydrogen) atoms. The minimum atomic E-state index is 0.678. The average molecular weight is 422 g/mol. The van der Waals surface area contributed by atoms with E-state index in [2.05, 4.69) is 56.1 Å². The number of aromatic nitrogens is 2. The predicted molar refractivity (Wildman–Crippen MR) is 91.5 cm³/mol. The van der Waals surface area contributed by atoms with Gasteiger partial charge in [-0.2, -0.15) is 5.10 Å². The molecule has 0 aliphatic heterocycles. The number of rotatable bonds is 5. The zero-order chi connectivity index (χ0) is 14.7. The lowest BCUT2D eigenvalue weighted by Crippen LogP contribution is -2.08. The van der Waals surface area contributed by atoms with Gasteiger partial charge in [0.05, 0.1) is 33.1 Å². The molecule has 1 aromatic carbocycles. The van der Waals surface area contributed by atoms with Crippen LogP contribution in [0.4, 0.5) is 5.69 Å². The van der Waals surface area contributed by atoms with E-state index < -0.39 is 0 Å². The van der Waals surface area contributed by atoms with Crippen molar-refractivity contribution in [1.29, 1.82) is 0 Å². The Labute approximate surface area is 141 Å². The van der Waals surface area contributed by atoms with Crippen LogP contribution in [0, 0.1) is 0 Å². The largest absolute Gasteiger partial charge is 0.378 e. The molecule has 0 bridgehead atoms. The minimum Gasteiger partial charge on any atom is -0.378 e. The summed E-state index contributed by atoms with van der Waals surface area (Å²) in [7, 11) is 0. The normalized spacial score (nSPS) is 10.8. The van der Waals surface area contributed by atoms with E-state index in [9.17, 15) is 0 Å². The molecular weight excluding hydrogens is 405 g/mol. The quantitative estimate of drug-likeness (QED) is 0.714. The summed E-state index contributed by atoms with van der Waals surface area (Å²) in [6, 6.07) is 5.77. The molecule has 108 valence electrons. The van der Waals surface area contributed by atoms with Gasteiger partial charge in [0.2, 0.25) is 0 Å². The third kappa shape index (κ3) is 3.38. The number of hydrogen-bond donors (Lipinski definition) is 1. The van der Waals surface area contributed by atoms with E-state index in [4.69, 9.17) is 11.6 Å². The number of nitrogens with one attached hydrogen (secondary N) is 1. The first-order chi connectivity index (χ1) is 9.56. The Morgan fingerprint density at radius 2 is 2.05 bits per heavy atom. The highest BCUT2D eigenvalue weighted by Gasteiger charge is 2.13. The fourth-order valence-corrected chi connectivity index (χ4v) is 3.25. The molecular formula is C14H16Br2ClN3. The van der Waals surface area contributed by atoms with Crippen LogP contribution in [-0.4, -0.2) is 9.78 Å². The minimum absolute atomic E-state index is 0.678. The Kier molecular flexibility index (Phi) is 5.52. The lowest BCUT2D eigenvalue weighted by atomic mass is 10.3. The molecule has 0 aliphatic rings. The smallest absolute Gasteiger partial charge is 0.0767 e. The number of halogens is 3. The van der Waals surface area contributed by atoms with Crippen molar-refractivity contribution in [3.05, 3.63) is 43.6 Å². The van der Waals surface area contributed by atoms with Gasteiger partial charge in [0.15, 0.2) is 0 Å². The van der Waals surface area contributed by atoms with Gasteiger partial charge >= 0.3 is 0 Å². The van der Waals surface area contributed by atoms with Crippen LogP contribution in [0.5, 0.6) is 0 Å². The molecule has 0 saturated heterocycles. The zero-order valence-corrected chi connectivity index (χ0v) is 15.3. The highest BCUT2D eigenvalue weighted by molar-refractivity contribution is 9.10. The van der Waals surface area contributed by atoms with Gasteiger partial charge < -0.3 is 5.32 Å². The molecule has 0 radical (unpaired) electrons. The summed E-state index contributed by atoms with van der Waals surface area (Å²) in [5.41, 5.74) is 3.14. The van der Waals surface area contributed by atoms with Crippen LogP contribution in [0.15, 0.2) is 27.1 Å². The molecule has 0 unspecified atom stereocenters. The SMILES string of the molecule is CCc1nn(CC)c(CNc2cc(Br)ccc2Cl)c1Br. The number of aryl methyl sites for hydroxylation is 2. The Balaban J connectivity index is 2.22. The van der Waals surface area contributed by atoms with E-state index in [1.54, 1.807) is 0 Å². The van der Waals surface area contributed by atoms with Crippen LogP contribution in [0.1, 0.15) is 25.2 Å². The first-order valence-corrected chi connectivity index (χ1v) is 8.46.